The van der Waals surface area contributed by atoms with Gasteiger partial charge in [0.15, 0.2) is 0 Å². The van der Waals surface area contributed by atoms with Gasteiger partial charge in [0, 0.05) is 61.0 Å². The maximum Gasteiger partial charge on any atom is 0.0503 e. The highest BCUT2D eigenvalue weighted by Crippen LogP contribution is 2.47. The molecule has 0 amide bonds. The molecule has 4 nitrogen and oxygen atoms in total. The van der Waals surface area contributed by atoms with Crippen LogP contribution in [0.4, 0.5) is 68.2 Å². The van der Waals surface area contributed by atoms with Gasteiger partial charge in [0.2, 0.25) is 0 Å². The number of nitrogens with zero attached hydrogens (tertiary/aromatic N) is 4. The van der Waals surface area contributed by atoms with Crippen LogP contribution in [0.1, 0.15) is 5.56 Å². The summed E-state index contributed by atoms with van der Waals surface area (Å²) in [6.45, 7) is 2.20. The second kappa shape index (κ2) is 21.3. The summed E-state index contributed by atoms with van der Waals surface area (Å²) in [7, 11) is 0. The summed E-state index contributed by atoms with van der Waals surface area (Å²) in [6, 6.07) is 106. The van der Waals surface area contributed by atoms with E-state index in [2.05, 4.69) is 324 Å². The molecule has 0 aromatic heterocycles. The van der Waals surface area contributed by atoms with Crippen molar-refractivity contribution in [3.8, 4) is 11.1 Å². The van der Waals surface area contributed by atoms with Crippen LogP contribution in [0.2, 0.25) is 0 Å². The van der Waals surface area contributed by atoms with Crippen LogP contribution in [0.15, 0.2) is 307 Å². The Morgan fingerprint density at radius 1 is 0.222 bits per heavy atom. The first kappa shape index (κ1) is 45.4. The molecular weight excluding hydrogens is 893 g/mol. The Morgan fingerprint density at radius 2 is 0.514 bits per heavy atom. The highest BCUT2D eigenvalue weighted by atomic mass is 32.2. The van der Waals surface area contributed by atoms with Gasteiger partial charge in [-0.25, -0.2) is 0 Å². The van der Waals surface area contributed by atoms with E-state index < -0.39 is 0 Å². The zero-order valence-electron chi connectivity index (χ0n) is 40.0. The second-order valence-electron chi connectivity index (χ2n) is 17.5. The molecule has 346 valence electrons. The van der Waals surface area contributed by atoms with Crippen molar-refractivity contribution in [2.24, 2.45) is 0 Å². The molecule has 0 aliphatic heterocycles. The van der Waals surface area contributed by atoms with Crippen LogP contribution in [0, 0.1) is 6.92 Å². The maximum absolute atomic E-state index is 2.39. The quantitative estimate of drug-likeness (QED) is 0.101. The van der Waals surface area contributed by atoms with Crippen molar-refractivity contribution in [2.45, 2.75) is 16.7 Å². The molecule has 0 saturated carbocycles. The van der Waals surface area contributed by atoms with Gasteiger partial charge in [0.25, 0.3) is 0 Å². The van der Waals surface area contributed by atoms with Gasteiger partial charge in [-0.05, 0) is 163 Å². The van der Waals surface area contributed by atoms with Gasteiger partial charge in [-0.2, -0.15) is 0 Å². The molecule has 0 aliphatic rings. The van der Waals surface area contributed by atoms with Crippen molar-refractivity contribution in [2.75, 3.05) is 19.6 Å². The lowest BCUT2D eigenvalue weighted by Crippen LogP contribution is -2.16. The SMILES string of the molecule is Cc1ccccc1-c1cc(Sc2cccc(N(c3ccccc3)c3cc(N(c4ccccc4)c4ccccc4)cc(N(c4ccccc4)c4ccccc4)c3)c2)cc(N(c2ccccc2)c2ccccc2)c1. The van der Waals surface area contributed by atoms with Crippen molar-refractivity contribution in [1.29, 1.82) is 0 Å². The lowest BCUT2D eigenvalue weighted by molar-refractivity contribution is 1.22. The molecule has 0 spiro atoms. The van der Waals surface area contributed by atoms with E-state index in [0.29, 0.717) is 0 Å². The number of anilines is 12. The van der Waals surface area contributed by atoms with Crippen LogP contribution < -0.4 is 19.6 Å². The molecular formula is C67H52N4S. The first-order valence-electron chi connectivity index (χ1n) is 24.3. The minimum absolute atomic E-state index is 1.01. The van der Waals surface area contributed by atoms with Crippen LogP contribution >= 0.6 is 11.8 Å². The molecule has 0 saturated heterocycles. The molecule has 0 fully saturated rings. The summed E-state index contributed by atoms with van der Waals surface area (Å²) in [6.07, 6.45) is 0. The van der Waals surface area contributed by atoms with E-state index in [0.717, 1.165) is 78.0 Å². The highest BCUT2D eigenvalue weighted by molar-refractivity contribution is 7.99. The van der Waals surface area contributed by atoms with Gasteiger partial charge in [-0.15, -0.1) is 0 Å². The number of para-hydroxylation sites is 7. The molecule has 0 heterocycles. The average Bonchev–Trinajstić information content (AvgIpc) is 3.43. The molecule has 11 rings (SSSR count). The number of hydrogen-bond donors (Lipinski definition) is 0. The van der Waals surface area contributed by atoms with Gasteiger partial charge in [0.05, 0.1) is 17.1 Å². The minimum Gasteiger partial charge on any atom is -0.310 e. The summed E-state index contributed by atoms with van der Waals surface area (Å²) in [4.78, 5) is 11.7. The Balaban J connectivity index is 1.08. The summed E-state index contributed by atoms with van der Waals surface area (Å²) >= 11 is 1.78. The lowest BCUT2D eigenvalue weighted by atomic mass is 10.00. The van der Waals surface area contributed by atoms with Crippen molar-refractivity contribution in [3.63, 3.8) is 0 Å². The van der Waals surface area contributed by atoms with E-state index in [1.165, 1.54) is 16.7 Å². The van der Waals surface area contributed by atoms with Crippen LogP contribution in [-0.2, 0) is 0 Å². The van der Waals surface area contributed by atoms with E-state index in [4.69, 9.17) is 0 Å². The predicted octanol–water partition coefficient (Wildman–Crippen LogP) is 19.7. The molecule has 72 heavy (non-hydrogen) atoms. The summed E-state index contributed by atoms with van der Waals surface area (Å²) < 4.78 is 0. The molecule has 0 aliphatic carbocycles. The van der Waals surface area contributed by atoms with E-state index in [9.17, 15) is 0 Å². The van der Waals surface area contributed by atoms with Crippen LogP contribution in [0.3, 0.4) is 0 Å². The topological polar surface area (TPSA) is 13.0 Å². The Labute approximate surface area is 428 Å². The normalized spacial score (nSPS) is 10.9. The number of benzene rings is 11. The molecule has 5 heteroatoms. The summed E-state index contributed by atoms with van der Waals surface area (Å²) in [5, 5.41) is 0. The fourth-order valence-corrected chi connectivity index (χ4v) is 10.4. The van der Waals surface area contributed by atoms with Crippen LogP contribution in [0.5, 0.6) is 0 Å². The molecule has 11 aromatic carbocycles. The molecule has 0 N–H and O–H groups in total. The third-order valence-electron chi connectivity index (χ3n) is 12.7. The highest BCUT2D eigenvalue weighted by Gasteiger charge is 2.23. The first-order chi connectivity index (χ1) is 35.6. The van der Waals surface area contributed by atoms with Crippen molar-refractivity contribution in [1.82, 2.24) is 0 Å². The Kier molecular flexibility index (Phi) is 13.4. The molecule has 0 unspecified atom stereocenters. The van der Waals surface area contributed by atoms with Crippen molar-refractivity contribution in [3.05, 3.63) is 303 Å². The minimum atomic E-state index is 1.01. The standard InChI is InChI=1S/C67H52N4S/c1-51-26-23-24-43-67(51)52-44-61(68(53-27-9-2-10-28-53)54-29-11-3-12-30-54)50-66(45-52)72-65-42-25-41-60(49-65)71(59-39-21-8-22-40-59)64-47-62(69(55-31-13-4-14-32-55)56-33-15-5-16-34-56)46-63(48-64)70(57-35-17-6-18-36-57)58-37-19-7-20-38-58/h2-50H,1H3. The largest absolute Gasteiger partial charge is 0.310 e. The summed E-state index contributed by atoms with van der Waals surface area (Å²) in [5.74, 6) is 0. The summed E-state index contributed by atoms with van der Waals surface area (Å²) in [5.41, 5.74) is 16.3. The van der Waals surface area contributed by atoms with Gasteiger partial charge in [0.1, 0.15) is 0 Å². The molecule has 0 radical (unpaired) electrons. The zero-order chi connectivity index (χ0) is 48.5. The molecule has 0 bridgehead atoms. The van der Waals surface area contributed by atoms with Crippen LogP contribution in [-0.4, -0.2) is 0 Å². The first-order valence-corrected chi connectivity index (χ1v) is 25.1. The van der Waals surface area contributed by atoms with Gasteiger partial charge < -0.3 is 19.6 Å². The number of hydrogen-bond acceptors (Lipinski definition) is 5. The van der Waals surface area contributed by atoms with Crippen molar-refractivity contribution >= 4 is 80.0 Å². The third-order valence-corrected chi connectivity index (χ3v) is 13.6. The van der Waals surface area contributed by atoms with Gasteiger partial charge in [-0.1, -0.05) is 169 Å². The molecule has 11 aromatic rings. The number of aryl methyl sites for hydroxylation is 1. The second-order valence-corrected chi connectivity index (χ2v) is 18.7. The van der Waals surface area contributed by atoms with Gasteiger partial charge >= 0.3 is 0 Å². The third kappa shape index (κ3) is 10.0. The fourth-order valence-electron chi connectivity index (χ4n) is 9.44. The Morgan fingerprint density at radius 3 is 0.875 bits per heavy atom. The van der Waals surface area contributed by atoms with E-state index in [1.54, 1.807) is 11.8 Å². The van der Waals surface area contributed by atoms with E-state index in [1.807, 2.05) is 0 Å². The van der Waals surface area contributed by atoms with Gasteiger partial charge in [-0.3, -0.25) is 0 Å². The predicted molar refractivity (Wildman–Crippen MR) is 306 cm³/mol. The number of rotatable bonds is 15. The smallest absolute Gasteiger partial charge is 0.0503 e. The molecule has 0 atom stereocenters. The maximum atomic E-state index is 2.39. The monoisotopic (exact) mass is 944 g/mol. The van der Waals surface area contributed by atoms with E-state index >= 15 is 0 Å². The Hall–Kier alpha value is -9.03. The Bertz CT molecular complexity index is 3290. The zero-order valence-corrected chi connectivity index (χ0v) is 40.8. The van der Waals surface area contributed by atoms with E-state index in [-0.39, 0.29) is 0 Å². The van der Waals surface area contributed by atoms with Crippen LogP contribution in [0.25, 0.3) is 11.1 Å². The fraction of sp³-hybridized carbons (Fsp3) is 0.0149. The average molecular weight is 945 g/mol. The lowest BCUT2D eigenvalue weighted by Gasteiger charge is -2.33. The van der Waals surface area contributed by atoms with Crippen molar-refractivity contribution < 1.29 is 0 Å².